The molecule has 2 rings (SSSR count). The zero-order chi connectivity index (χ0) is 14.8. The second-order valence-corrected chi connectivity index (χ2v) is 6.17. The number of urea groups is 1. The maximum absolute atomic E-state index is 12.3. The van der Waals surface area contributed by atoms with Crippen molar-refractivity contribution in [2.24, 2.45) is 5.92 Å². The molecule has 0 aromatic carbocycles. The first-order valence-corrected chi connectivity index (χ1v) is 7.36. The standard InChI is InChI=1S/C14H24N2O4/c1-15(10-14(20)6-2-3-7-14)13(19)16-8-4-11(5-9-16)12(17)18/h11,20H,2-10H2,1H3,(H,17,18). The molecule has 0 bridgehead atoms. The van der Waals surface area contributed by atoms with Crippen molar-refractivity contribution >= 4 is 12.0 Å². The molecule has 0 radical (unpaired) electrons. The van der Waals surface area contributed by atoms with Crippen molar-refractivity contribution in [1.29, 1.82) is 0 Å². The fourth-order valence-electron chi connectivity index (χ4n) is 3.26. The molecule has 0 atom stereocenters. The van der Waals surface area contributed by atoms with Crippen molar-refractivity contribution < 1.29 is 19.8 Å². The molecular weight excluding hydrogens is 260 g/mol. The van der Waals surface area contributed by atoms with E-state index in [0.29, 0.717) is 32.5 Å². The van der Waals surface area contributed by atoms with E-state index in [4.69, 9.17) is 5.11 Å². The lowest BCUT2D eigenvalue weighted by Crippen LogP contribution is -2.50. The molecule has 20 heavy (non-hydrogen) atoms. The van der Waals surface area contributed by atoms with Crippen LogP contribution in [-0.4, -0.2) is 64.3 Å². The van der Waals surface area contributed by atoms with E-state index in [9.17, 15) is 14.7 Å². The average Bonchev–Trinajstić information content (AvgIpc) is 2.84. The molecule has 2 amide bonds. The van der Waals surface area contributed by atoms with E-state index < -0.39 is 11.6 Å². The summed E-state index contributed by atoms with van der Waals surface area (Å²) in [6.45, 7) is 1.34. The minimum Gasteiger partial charge on any atom is -0.481 e. The van der Waals surface area contributed by atoms with Crippen molar-refractivity contribution in [3.63, 3.8) is 0 Å². The fraction of sp³-hybridized carbons (Fsp3) is 0.857. The number of piperidine rings is 1. The van der Waals surface area contributed by atoms with Crippen LogP contribution in [0.4, 0.5) is 4.79 Å². The number of aliphatic carboxylic acids is 1. The number of carboxylic acids is 1. The molecule has 0 spiro atoms. The average molecular weight is 284 g/mol. The van der Waals surface area contributed by atoms with E-state index in [2.05, 4.69) is 0 Å². The number of likely N-dealkylation sites (tertiary alicyclic amines) is 1. The van der Waals surface area contributed by atoms with Crippen LogP contribution in [0.3, 0.4) is 0 Å². The van der Waals surface area contributed by atoms with Gasteiger partial charge in [0.05, 0.1) is 18.1 Å². The van der Waals surface area contributed by atoms with Crippen molar-refractivity contribution in [3.8, 4) is 0 Å². The Morgan fingerprint density at radius 3 is 2.30 bits per heavy atom. The highest BCUT2D eigenvalue weighted by molar-refractivity contribution is 5.75. The van der Waals surface area contributed by atoms with E-state index in [1.54, 1.807) is 16.8 Å². The predicted octanol–water partition coefficient (Wildman–Crippen LogP) is 1.14. The lowest BCUT2D eigenvalue weighted by Gasteiger charge is -2.35. The highest BCUT2D eigenvalue weighted by Gasteiger charge is 2.35. The molecule has 1 saturated carbocycles. The molecule has 6 nitrogen and oxygen atoms in total. The zero-order valence-electron chi connectivity index (χ0n) is 12.0. The van der Waals surface area contributed by atoms with Crippen LogP contribution < -0.4 is 0 Å². The van der Waals surface area contributed by atoms with Gasteiger partial charge >= 0.3 is 12.0 Å². The third-order valence-electron chi connectivity index (χ3n) is 4.51. The summed E-state index contributed by atoms with van der Waals surface area (Å²) >= 11 is 0. The lowest BCUT2D eigenvalue weighted by molar-refractivity contribution is -0.143. The summed E-state index contributed by atoms with van der Waals surface area (Å²) in [6, 6.07) is -0.103. The first-order chi connectivity index (χ1) is 9.41. The summed E-state index contributed by atoms with van der Waals surface area (Å²) in [5.41, 5.74) is -0.732. The first-order valence-electron chi connectivity index (χ1n) is 7.36. The number of carbonyl (C=O) groups is 2. The summed E-state index contributed by atoms with van der Waals surface area (Å²) in [6.07, 6.45) is 4.57. The second-order valence-electron chi connectivity index (χ2n) is 6.17. The molecule has 1 saturated heterocycles. The highest BCUT2D eigenvalue weighted by Crippen LogP contribution is 2.30. The monoisotopic (exact) mass is 284 g/mol. The van der Waals surface area contributed by atoms with Crippen LogP contribution in [0.25, 0.3) is 0 Å². The third-order valence-corrected chi connectivity index (χ3v) is 4.51. The Balaban J connectivity index is 1.83. The van der Waals surface area contributed by atoms with Gasteiger partial charge in [0.2, 0.25) is 0 Å². The molecule has 0 aromatic rings. The van der Waals surface area contributed by atoms with Gasteiger partial charge in [-0.1, -0.05) is 12.8 Å². The molecule has 1 aliphatic carbocycles. The number of aliphatic hydroxyl groups is 1. The number of likely N-dealkylation sites (N-methyl/N-ethyl adjacent to an activating group) is 1. The van der Waals surface area contributed by atoms with Gasteiger partial charge in [-0.2, -0.15) is 0 Å². The minimum absolute atomic E-state index is 0.103. The molecule has 6 heteroatoms. The van der Waals surface area contributed by atoms with Gasteiger partial charge in [-0.15, -0.1) is 0 Å². The van der Waals surface area contributed by atoms with Gasteiger partial charge < -0.3 is 20.0 Å². The molecule has 1 heterocycles. The normalized spacial score (nSPS) is 22.8. The van der Waals surface area contributed by atoms with Crippen molar-refractivity contribution in [2.45, 2.75) is 44.1 Å². The van der Waals surface area contributed by atoms with Gasteiger partial charge in [0.25, 0.3) is 0 Å². The molecule has 0 aromatic heterocycles. The number of carbonyl (C=O) groups excluding carboxylic acids is 1. The summed E-state index contributed by atoms with van der Waals surface area (Å²) in [5.74, 6) is -1.10. The molecule has 1 aliphatic heterocycles. The van der Waals surface area contributed by atoms with E-state index in [-0.39, 0.29) is 11.9 Å². The van der Waals surface area contributed by atoms with E-state index >= 15 is 0 Å². The Labute approximate surface area is 119 Å². The van der Waals surface area contributed by atoms with Crippen molar-refractivity contribution in [2.75, 3.05) is 26.7 Å². The van der Waals surface area contributed by atoms with Crippen molar-refractivity contribution in [1.82, 2.24) is 9.80 Å². The number of hydrogen-bond acceptors (Lipinski definition) is 3. The maximum atomic E-state index is 12.3. The number of carboxylic acid groups (broad SMARTS) is 1. The number of rotatable bonds is 3. The van der Waals surface area contributed by atoms with E-state index in [1.807, 2.05) is 0 Å². The summed E-state index contributed by atoms with van der Waals surface area (Å²) < 4.78 is 0. The summed E-state index contributed by atoms with van der Waals surface area (Å²) in [4.78, 5) is 26.5. The minimum atomic E-state index is -0.772. The molecule has 0 unspecified atom stereocenters. The van der Waals surface area contributed by atoms with Crippen LogP contribution in [0, 0.1) is 5.92 Å². The quantitative estimate of drug-likeness (QED) is 0.814. The Kier molecular flexibility index (Phi) is 4.52. The topological polar surface area (TPSA) is 81.1 Å². The van der Waals surface area contributed by atoms with Gasteiger partial charge in [0, 0.05) is 20.1 Å². The third kappa shape index (κ3) is 3.42. The van der Waals surface area contributed by atoms with Crippen LogP contribution >= 0.6 is 0 Å². The van der Waals surface area contributed by atoms with Crippen LogP contribution in [0.1, 0.15) is 38.5 Å². The number of nitrogens with zero attached hydrogens (tertiary/aromatic N) is 2. The Morgan fingerprint density at radius 2 is 1.80 bits per heavy atom. The van der Waals surface area contributed by atoms with Crippen LogP contribution in [-0.2, 0) is 4.79 Å². The zero-order valence-corrected chi connectivity index (χ0v) is 12.0. The maximum Gasteiger partial charge on any atom is 0.319 e. The molecular formula is C14H24N2O4. The fourth-order valence-corrected chi connectivity index (χ4v) is 3.26. The Hall–Kier alpha value is -1.30. The largest absolute Gasteiger partial charge is 0.481 e. The SMILES string of the molecule is CN(CC1(O)CCCC1)C(=O)N1CCC(C(=O)O)CC1. The van der Waals surface area contributed by atoms with Crippen LogP contribution in [0.2, 0.25) is 0 Å². The summed E-state index contributed by atoms with van der Waals surface area (Å²) in [7, 11) is 1.71. The van der Waals surface area contributed by atoms with Gasteiger partial charge in [-0.05, 0) is 25.7 Å². The molecule has 114 valence electrons. The first kappa shape index (κ1) is 15.1. The second kappa shape index (κ2) is 5.99. The molecule has 2 aliphatic rings. The Morgan fingerprint density at radius 1 is 1.25 bits per heavy atom. The van der Waals surface area contributed by atoms with Gasteiger partial charge in [0.15, 0.2) is 0 Å². The highest BCUT2D eigenvalue weighted by atomic mass is 16.4. The van der Waals surface area contributed by atoms with E-state index in [0.717, 1.165) is 25.7 Å². The lowest BCUT2D eigenvalue weighted by atomic mass is 9.97. The molecule has 2 fully saturated rings. The Bertz CT molecular complexity index is 371. The van der Waals surface area contributed by atoms with Crippen molar-refractivity contribution in [3.05, 3.63) is 0 Å². The van der Waals surface area contributed by atoms with Gasteiger partial charge in [-0.25, -0.2) is 4.79 Å². The van der Waals surface area contributed by atoms with Gasteiger partial charge in [-0.3, -0.25) is 4.79 Å². The van der Waals surface area contributed by atoms with E-state index in [1.165, 1.54) is 0 Å². The summed E-state index contributed by atoms with van der Waals surface area (Å²) in [5, 5.41) is 19.3. The number of amides is 2. The predicted molar refractivity (Wildman–Crippen MR) is 73.4 cm³/mol. The molecule has 2 N–H and O–H groups in total. The smallest absolute Gasteiger partial charge is 0.319 e. The number of hydrogen-bond donors (Lipinski definition) is 2. The van der Waals surface area contributed by atoms with Crippen LogP contribution in [0.15, 0.2) is 0 Å². The van der Waals surface area contributed by atoms with Crippen LogP contribution in [0.5, 0.6) is 0 Å². The van der Waals surface area contributed by atoms with Gasteiger partial charge in [0.1, 0.15) is 0 Å².